The van der Waals surface area contributed by atoms with E-state index in [1.807, 2.05) is 0 Å². The van der Waals surface area contributed by atoms with Crippen molar-refractivity contribution < 1.29 is 23.4 Å². The molecule has 2 rings (SSSR count). The summed E-state index contributed by atoms with van der Waals surface area (Å²) >= 11 is 0. The van der Waals surface area contributed by atoms with E-state index >= 15 is 0 Å². The first-order chi connectivity index (χ1) is 10.4. The molecule has 2 N–H and O–H groups in total. The highest BCUT2D eigenvalue weighted by atomic mass is 19.4. The van der Waals surface area contributed by atoms with Crippen molar-refractivity contribution in [3.63, 3.8) is 0 Å². The number of aliphatic hydroxyl groups excluding tert-OH is 2. The van der Waals surface area contributed by atoms with Crippen LogP contribution in [0.3, 0.4) is 0 Å². The lowest BCUT2D eigenvalue weighted by Gasteiger charge is -2.35. The average Bonchev–Trinajstić information content (AvgIpc) is 2.49. The van der Waals surface area contributed by atoms with E-state index in [0.717, 1.165) is 38.3 Å². The Balaban J connectivity index is 1.86. The number of benzene rings is 1. The zero-order chi connectivity index (χ0) is 16.2. The highest BCUT2D eigenvalue weighted by Gasteiger charge is 2.30. The minimum atomic E-state index is -4.35. The maximum atomic E-state index is 12.5. The van der Waals surface area contributed by atoms with Crippen LogP contribution in [-0.2, 0) is 6.18 Å². The molecule has 0 aromatic heterocycles. The van der Waals surface area contributed by atoms with E-state index in [9.17, 15) is 18.3 Å². The number of nitrogens with zero attached hydrogens (tertiary/aromatic N) is 2. The molecule has 1 aliphatic rings. The van der Waals surface area contributed by atoms with E-state index in [-0.39, 0.29) is 6.61 Å². The molecule has 1 saturated heterocycles. The Hall–Kier alpha value is -1.15. The second-order valence-corrected chi connectivity index (χ2v) is 5.50. The van der Waals surface area contributed by atoms with Crippen LogP contribution in [0, 0.1) is 0 Å². The molecule has 0 spiro atoms. The molecule has 1 aromatic carbocycles. The standard InChI is InChI=1S/C15H21F3N2O2/c16-15(17,18)13-3-1-12(2-4-13)14(22)11-20-7-5-19(6-8-20)9-10-21/h1-4,14,21-22H,5-11H2/t14-/m1/s1. The van der Waals surface area contributed by atoms with Crippen LogP contribution in [0.4, 0.5) is 13.2 Å². The summed E-state index contributed by atoms with van der Waals surface area (Å²) in [6.45, 7) is 4.37. The molecule has 0 bridgehead atoms. The SMILES string of the molecule is OCCN1CCN(C[C@@H](O)c2ccc(C(F)(F)F)cc2)CC1. The minimum Gasteiger partial charge on any atom is -0.395 e. The molecule has 0 aliphatic carbocycles. The summed E-state index contributed by atoms with van der Waals surface area (Å²) < 4.78 is 37.5. The smallest absolute Gasteiger partial charge is 0.395 e. The molecule has 22 heavy (non-hydrogen) atoms. The molecule has 1 heterocycles. The van der Waals surface area contributed by atoms with E-state index < -0.39 is 17.8 Å². The third kappa shape index (κ3) is 4.67. The fourth-order valence-corrected chi connectivity index (χ4v) is 2.58. The zero-order valence-corrected chi connectivity index (χ0v) is 12.3. The number of aliphatic hydroxyl groups is 2. The van der Waals surface area contributed by atoms with Gasteiger partial charge in [-0.1, -0.05) is 12.1 Å². The molecular weight excluding hydrogens is 297 g/mol. The number of piperazine rings is 1. The zero-order valence-electron chi connectivity index (χ0n) is 12.3. The maximum absolute atomic E-state index is 12.5. The molecule has 124 valence electrons. The number of hydrogen-bond acceptors (Lipinski definition) is 4. The monoisotopic (exact) mass is 318 g/mol. The van der Waals surface area contributed by atoms with Crippen molar-refractivity contribution in [3.8, 4) is 0 Å². The van der Waals surface area contributed by atoms with Crippen LogP contribution in [0.1, 0.15) is 17.2 Å². The maximum Gasteiger partial charge on any atom is 0.416 e. The molecule has 0 unspecified atom stereocenters. The van der Waals surface area contributed by atoms with Crippen molar-refractivity contribution in [2.24, 2.45) is 0 Å². The molecular formula is C15H21F3N2O2. The van der Waals surface area contributed by atoms with Gasteiger partial charge in [-0.2, -0.15) is 13.2 Å². The van der Waals surface area contributed by atoms with Gasteiger partial charge in [-0.3, -0.25) is 9.80 Å². The highest BCUT2D eigenvalue weighted by Crippen LogP contribution is 2.30. The molecule has 7 heteroatoms. The number of hydrogen-bond donors (Lipinski definition) is 2. The third-order valence-corrected chi connectivity index (χ3v) is 3.94. The van der Waals surface area contributed by atoms with E-state index in [0.29, 0.717) is 18.7 Å². The molecule has 0 saturated carbocycles. The van der Waals surface area contributed by atoms with Crippen molar-refractivity contribution in [2.45, 2.75) is 12.3 Å². The van der Waals surface area contributed by atoms with Gasteiger partial charge in [-0.15, -0.1) is 0 Å². The fraction of sp³-hybridized carbons (Fsp3) is 0.600. The largest absolute Gasteiger partial charge is 0.416 e. The van der Waals surface area contributed by atoms with Crippen LogP contribution in [0.25, 0.3) is 0 Å². The molecule has 1 aliphatic heterocycles. The molecule has 1 fully saturated rings. The Morgan fingerprint density at radius 1 is 1.00 bits per heavy atom. The number of alkyl halides is 3. The van der Waals surface area contributed by atoms with Gasteiger partial charge in [0.25, 0.3) is 0 Å². The van der Waals surface area contributed by atoms with E-state index in [4.69, 9.17) is 5.11 Å². The third-order valence-electron chi connectivity index (χ3n) is 3.94. The van der Waals surface area contributed by atoms with Gasteiger partial charge < -0.3 is 10.2 Å². The van der Waals surface area contributed by atoms with Crippen LogP contribution in [0.15, 0.2) is 24.3 Å². The average molecular weight is 318 g/mol. The summed E-state index contributed by atoms with van der Waals surface area (Å²) in [5.74, 6) is 0. The molecule has 1 atom stereocenters. The predicted molar refractivity (Wildman–Crippen MR) is 76.4 cm³/mol. The number of β-amino-alcohol motifs (C(OH)–C–C–N with tert-alkyl or cyclic N) is 2. The van der Waals surface area contributed by atoms with Crippen LogP contribution in [0.2, 0.25) is 0 Å². The van der Waals surface area contributed by atoms with Crippen molar-refractivity contribution in [3.05, 3.63) is 35.4 Å². The van der Waals surface area contributed by atoms with Crippen LogP contribution < -0.4 is 0 Å². The van der Waals surface area contributed by atoms with E-state index in [2.05, 4.69) is 9.80 Å². The van der Waals surface area contributed by atoms with Gasteiger partial charge in [0.05, 0.1) is 18.3 Å². The lowest BCUT2D eigenvalue weighted by atomic mass is 10.1. The van der Waals surface area contributed by atoms with Crippen molar-refractivity contribution in [2.75, 3.05) is 45.9 Å². The predicted octanol–water partition coefficient (Wildman–Crippen LogP) is 1.35. The van der Waals surface area contributed by atoms with Crippen molar-refractivity contribution in [1.82, 2.24) is 9.80 Å². The first-order valence-electron chi connectivity index (χ1n) is 7.31. The Labute approximate surface area is 127 Å². The van der Waals surface area contributed by atoms with E-state index in [1.165, 1.54) is 12.1 Å². The number of halogens is 3. The first-order valence-corrected chi connectivity index (χ1v) is 7.31. The van der Waals surface area contributed by atoms with Gasteiger partial charge in [0.2, 0.25) is 0 Å². The lowest BCUT2D eigenvalue weighted by Crippen LogP contribution is -2.48. The first kappa shape index (κ1) is 17.2. The van der Waals surface area contributed by atoms with Crippen LogP contribution >= 0.6 is 0 Å². The van der Waals surface area contributed by atoms with Crippen molar-refractivity contribution >= 4 is 0 Å². The second kappa shape index (κ2) is 7.41. The Kier molecular flexibility index (Phi) is 5.80. The van der Waals surface area contributed by atoms with Gasteiger partial charge >= 0.3 is 6.18 Å². The Bertz CT molecular complexity index is 457. The summed E-state index contributed by atoms with van der Waals surface area (Å²) in [7, 11) is 0. The van der Waals surface area contributed by atoms with Gasteiger partial charge in [-0.05, 0) is 17.7 Å². The highest BCUT2D eigenvalue weighted by molar-refractivity contribution is 5.26. The van der Waals surface area contributed by atoms with Crippen LogP contribution in [-0.4, -0.2) is 65.9 Å². The summed E-state index contributed by atoms with van der Waals surface area (Å²) in [4.78, 5) is 4.22. The molecule has 4 nitrogen and oxygen atoms in total. The van der Waals surface area contributed by atoms with Gasteiger partial charge in [0, 0.05) is 39.3 Å². The summed E-state index contributed by atoms with van der Waals surface area (Å²) in [5.41, 5.74) is -0.216. The minimum absolute atomic E-state index is 0.133. The molecule has 0 amide bonds. The summed E-state index contributed by atoms with van der Waals surface area (Å²) in [6, 6.07) is 4.65. The normalized spacial score (nSPS) is 19.3. The Morgan fingerprint density at radius 2 is 1.55 bits per heavy atom. The Morgan fingerprint density at radius 3 is 2.05 bits per heavy atom. The van der Waals surface area contributed by atoms with E-state index in [1.54, 1.807) is 0 Å². The molecule has 1 aromatic rings. The topological polar surface area (TPSA) is 46.9 Å². The summed E-state index contributed by atoms with van der Waals surface area (Å²) in [5, 5.41) is 19.0. The lowest BCUT2D eigenvalue weighted by molar-refractivity contribution is -0.137. The van der Waals surface area contributed by atoms with Gasteiger partial charge in [0.15, 0.2) is 0 Å². The van der Waals surface area contributed by atoms with Gasteiger partial charge in [-0.25, -0.2) is 0 Å². The van der Waals surface area contributed by atoms with Crippen LogP contribution in [0.5, 0.6) is 0 Å². The van der Waals surface area contributed by atoms with Crippen molar-refractivity contribution in [1.29, 1.82) is 0 Å². The molecule has 0 radical (unpaired) electrons. The van der Waals surface area contributed by atoms with Gasteiger partial charge in [0.1, 0.15) is 0 Å². The summed E-state index contributed by atoms with van der Waals surface area (Å²) in [6.07, 6.45) is -5.15. The quantitative estimate of drug-likeness (QED) is 0.860. The fourth-order valence-electron chi connectivity index (χ4n) is 2.58. The second-order valence-electron chi connectivity index (χ2n) is 5.50. The number of rotatable bonds is 5.